The van der Waals surface area contributed by atoms with Crippen LogP contribution < -0.4 is 11.1 Å². The van der Waals surface area contributed by atoms with Crippen molar-refractivity contribution >= 4 is 17.4 Å². The van der Waals surface area contributed by atoms with Crippen molar-refractivity contribution in [3.05, 3.63) is 94.4 Å². The van der Waals surface area contributed by atoms with E-state index in [2.05, 4.69) is 27.2 Å². The van der Waals surface area contributed by atoms with Crippen molar-refractivity contribution in [2.75, 3.05) is 11.1 Å². The summed E-state index contributed by atoms with van der Waals surface area (Å²) < 4.78 is 80.6. The molecule has 2 aromatic carbocycles. The molecule has 0 aliphatic heterocycles. The number of anilines is 2. The van der Waals surface area contributed by atoms with Gasteiger partial charge in [-0.1, -0.05) is 17.9 Å². The van der Waals surface area contributed by atoms with Crippen LogP contribution in [-0.4, -0.2) is 20.7 Å². The van der Waals surface area contributed by atoms with Gasteiger partial charge in [-0.25, -0.2) is 4.98 Å². The van der Waals surface area contributed by atoms with Crippen LogP contribution in [0.4, 0.5) is 37.8 Å². The van der Waals surface area contributed by atoms with Crippen molar-refractivity contribution in [1.29, 1.82) is 0 Å². The van der Waals surface area contributed by atoms with Crippen molar-refractivity contribution in [2.24, 2.45) is 7.05 Å². The summed E-state index contributed by atoms with van der Waals surface area (Å²) in [4.78, 5) is 16.9. The van der Waals surface area contributed by atoms with Crippen molar-refractivity contribution in [2.45, 2.75) is 19.3 Å². The number of rotatable bonds is 3. The molecule has 0 radical (unpaired) electrons. The third-order valence-electron chi connectivity index (χ3n) is 5.63. The lowest BCUT2D eigenvalue weighted by Crippen LogP contribution is -2.16. The lowest BCUT2D eigenvalue weighted by Gasteiger charge is -2.15. The van der Waals surface area contributed by atoms with Gasteiger partial charge in [-0.05, 0) is 48.9 Å². The molecule has 0 saturated heterocycles. The molecule has 0 saturated carbocycles. The molecule has 4 rings (SSSR count). The highest BCUT2D eigenvalue weighted by Crippen LogP contribution is 2.37. The van der Waals surface area contributed by atoms with Gasteiger partial charge in [-0.2, -0.15) is 31.4 Å². The Morgan fingerprint density at radius 2 is 1.54 bits per heavy atom. The van der Waals surface area contributed by atoms with Crippen LogP contribution in [0.1, 0.15) is 38.2 Å². The smallest absolute Gasteiger partial charge is 0.383 e. The number of aryl methyl sites for hydroxylation is 2. The van der Waals surface area contributed by atoms with Crippen molar-refractivity contribution in [3.8, 4) is 23.0 Å². The van der Waals surface area contributed by atoms with Crippen LogP contribution in [0.25, 0.3) is 11.1 Å². The Morgan fingerprint density at radius 3 is 2.13 bits per heavy atom. The summed E-state index contributed by atoms with van der Waals surface area (Å²) in [5.74, 6) is 5.07. The predicted octanol–water partition coefficient (Wildman–Crippen LogP) is 6.06. The molecule has 2 aromatic heterocycles. The molecule has 200 valence electrons. The third kappa shape index (κ3) is 6.38. The fraction of sp³-hybridized carbons (Fsp3) is 0.148. The first kappa shape index (κ1) is 27.3. The monoisotopic (exact) mass is 543 g/mol. The first-order valence-electron chi connectivity index (χ1n) is 11.2. The number of nitrogens with one attached hydrogen (secondary N) is 1. The molecule has 0 aliphatic carbocycles. The van der Waals surface area contributed by atoms with Crippen LogP contribution in [0.3, 0.4) is 0 Å². The summed E-state index contributed by atoms with van der Waals surface area (Å²) in [5.41, 5.74) is 5.22. The summed E-state index contributed by atoms with van der Waals surface area (Å²) >= 11 is 0. The van der Waals surface area contributed by atoms with E-state index in [1.807, 2.05) is 0 Å². The Balaban J connectivity index is 1.63. The Kier molecular flexibility index (Phi) is 7.10. The molecule has 2 heterocycles. The zero-order valence-corrected chi connectivity index (χ0v) is 20.4. The first-order valence-corrected chi connectivity index (χ1v) is 11.2. The molecule has 0 spiro atoms. The minimum atomic E-state index is -5.04. The molecule has 0 atom stereocenters. The van der Waals surface area contributed by atoms with Gasteiger partial charge < -0.3 is 11.1 Å². The zero-order chi connectivity index (χ0) is 28.5. The number of amides is 1. The third-order valence-corrected chi connectivity index (χ3v) is 5.63. The number of nitrogens with two attached hydrogens (primary N) is 1. The van der Waals surface area contributed by atoms with Gasteiger partial charge in [0, 0.05) is 47.4 Å². The number of carbonyl (C=O) groups is 1. The summed E-state index contributed by atoms with van der Waals surface area (Å²) in [6, 6.07) is 6.90. The van der Waals surface area contributed by atoms with Gasteiger partial charge in [0.1, 0.15) is 5.82 Å². The number of aromatic nitrogens is 3. The topological polar surface area (TPSA) is 85.8 Å². The highest BCUT2D eigenvalue weighted by Gasteiger charge is 2.37. The van der Waals surface area contributed by atoms with Crippen LogP contribution in [0.15, 0.2) is 61.1 Å². The summed E-state index contributed by atoms with van der Waals surface area (Å²) in [6.45, 7) is 1.72. The maximum Gasteiger partial charge on any atom is 0.416 e. The van der Waals surface area contributed by atoms with E-state index in [1.165, 1.54) is 12.1 Å². The van der Waals surface area contributed by atoms with Crippen LogP contribution in [0, 0.1) is 18.8 Å². The maximum absolute atomic E-state index is 13.2. The van der Waals surface area contributed by atoms with E-state index in [0.29, 0.717) is 28.8 Å². The highest BCUT2D eigenvalue weighted by atomic mass is 19.4. The number of hydrogen-bond acceptors (Lipinski definition) is 4. The molecule has 39 heavy (non-hydrogen) atoms. The number of carbonyl (C=O) groups excluding carboxylic acids is 1. The second-order valence-corrected chi connectivity index (χ2v) is 8.59. The average Bonchev–Trinajstić information content (AvgIpc) is 3.29. The van der Waals surface area contributed by atoms with E-state index in [1.54, 1.807) is 49.4 Å². The lowest BCUT2D eigenvalue weighted by atomic mass is 10.0. The lowest BCUT2D eigenvalue weighted by molar-refractivity contribution is -0.143. The molecular formula is C27H19F6N5O. The van der Waals surface area contributed by atoms with Crippen LogP contribution in [-0.2, 0) is 19.4 Å². The van der Waals surface area contributed by atoms with E-state index in [-0.39, 0.29) is 17.4 Å². The van der Waals surface area contributed by atoms with Gasteiger partial charge in [0.2, 0.25) is 0 Å². The fourth-order valence-corrected chi connectivity index (χ4v) is 3.57. The number of halogens is 6. The Hall–Kier alpha value is -4.79. The number of hydrogen-bond donors (Lipinski definition) is 2. The van der Waals surface area contributed by atoms with E-state index < -0.39 is 35.1 Å². The highest BCUT2D eigenvalue weighted by molar-refractivity contribution is 6.04. The van der Waals surface area contributed by atoms with E-state index in [9.17, 15) is 31.1 Å². The number of nitrogen functional groups attached to an aromatic ring is 1. The summed E-state index contributed by atoms with van der Waals surface area (Å²) in [6.07, 6.45) is -5.07. The number of pyridine rings is 1. The van der Waals surface area contributed by atoms with E-state index in [0.717, 1.165) is 11.1 Å². The standard InChI is InChI=1S/C27H19F6N5O/c1-15-3-4-18(25(39)37-23-10-21(26(28,29)30)9-22(11-23)27(31,32)33)7-16(15)5-6-17-8-19(12-35-24(17)34)20-13-36-38(2)14-20/h3-4,7-14H,1-2H3,(H2,34,35)(H,37,39). The zero-order valence-electron chi connectivity index (χ0n) is 20.4. The van der Waals surface area contributed by atoms with Gasteiger partial charge in [0.25, 0.3) is 5.91 Å². The van der Waals surface area contributed by atoms with Gasteiger partial charge in [-0.15, -0.1) is 0 Å². The molecule has 0 unspecified atom stereocenters. The Bertz CT molecular complexity index is 1590. The van der Waals surface area contributed by atoms with Crippen LogP contribution in [0.2, 0.25) is 0 Å². The SMILES string of the molecule is Cc1ccc(C(=O)Nc2cc(C(F)(F)F)cc(C(F)(F)F)c2)cc1C#Cc1cc(-c2cnn(C)c2)cnc1N. The van der Waals surface area contributed by atoms with Gasteiger partial charge in [0.05, 0.1) is 22.9 Å². The van der Waals surface area contributed by atoms with Crippen molar-refractivity contribution < 1.29 is 31.1 Å². The summed E-state index contributed by atoms with van der Waals surface area (Å²) in [5, 5.41) is 6.23. The van der Waals surface area contributed by atoms with Crippen molar-refractivity contribution in [3.63, 3.8) is 0 Å². The number of benzene rings is 2. The second kappa shape index (κ2) is 10.2. The van der Waals surface area contributed by atoms with Crippen LogP contribution in [0.5, 0.6) is 0 Å². The second-order valence-electron chi connectivity index (χ2n) is 8.59. The molecule has 6 nitrogen and oxygen atoms in total. The predicted molar refractivity (Wildman–Crippen MR) is 132 cm³/mol. The van der Waals surface area contributed by atoms with Gasteiger partial charge in [0.15, 0.2) is 0 Å². The number of alkyl halides is 6. The normalized spacial score (nSPS) is 11.6. The first-order chi connectivity index (χ1) is 18.2. The molecule has 3 N–H and O–H groups in total. The molecule has 0 bridgehead atoms. The van der Waals surface area contributed by atoms with E-state index in [4.69, 9.17) is 5.73 Å². The minimum absolute atomic E-state index is 0.0148. The van der Waals surface area contributed by atoms with E-state index >= 15 is 0 Å². The summed E-state index contributed by atoms with van der Waals surface area (Å²) in [7, 11) is 1.77. The number of nitrogens with zero attached hydrogens (tertiary/aromatic N) is 3. The fourth-order valence-electron chi connectivity index (χ4n) is 3.57. The molecule has 0 fully saturated rings. The van der Waals surface area contributed by atoms with Crippen molar-refractivity contribution in [1.82, 2.24) is 14.8 Å². The molecule has 1 amide bonds. The Labute approximate surface area is 218 Å². The largest absolute Gasteiger partial charge is 0.416 e. The average molecular weight is 543 g/mol. The maximum atomic E-state index is 13.2. The molecular weight excluding hydrogens is 524 g/mol. The minimum Gasteiger partial charge on any atom is -0.383 e. The van der Waals surface area contributed by atoms with Gasteiger partial charge >= 0.3 is 12.4 Å². The quantitative estimate of drug-likeness (QED) is 0.243. The Morgan fingerprint density at radius 1 is 0.897 bits per heavy atom. The molecule has 12 heteroatoms. The van der Waals surface area contributed by atoms with Crippen LogP contribution >= 0.6 is 0 Å². The van der Waals surface area contributed by atoms with Gasteiger partial charge in [-0.3, -0.25) is 9.48 Å². The molecule has 4 aromatic rings. The molecule has 0 aliphatic rings.